The van der Waals surface area contributed by atoms with Gasteiger partial charge in [0, 0.05) is 13.1 Å². The van der Waals surface area contributed by atoms with Crippen molar-refractivity contribution in [1.29, 1.82) is 0 Å². The van der Waals surface area contributed by atoms with Crippen LogP contribution in [0.4, 0.5) is 0 Å². The lowest BCUT2D eigenvalue weighted by Crippen LogP contribution is -2.40. The zero-order chi connectivity index (χ0) is 22.4. The van der Waals surface area contributed by atoms with Gasteiger partial charge in [0.05, 0.1) is 30.5 Å². The van der Waals surface area contributed by atoms with E-state index in [-0.39, 0.29) is 17.5 Å². The number of ether oxygens (including phenoxy) is 1. The van der Waals surface area contributed by atoms with Gasteiger partial charge in [0.15, 0.2) is 0 Å². The highest BCUT2D eigenvalue weighted by molar-refractivity contribution is 5.80. The first kappa shape index (κ1) is 22.5. The molecule has 0 N–H and O–H groups in total. The van der Waals surface area contributed by atoms with Crippen molar-refractivity contribution in [2.24, 2.45) is 0 Å². The minimum absolute atomic E-state index is 0.0314. The van der Waals surface area contributed by atoms with Gasteiger partial charge in [0.2, 0.25) is 5.91 Å². The van der Waals surface area contributed by atoms with Crippen LogP contribution in [-0.4, -0.2) is 34.0 Å². The number of hydrogen-bond donors (Lipinski definition) is 0. The Hall–Kier alpha value is -3.15. The Balaban J connectivity index is 2.00. The topological polar surface area (TPSA) is 64.4 Å². The molecule has 0 aliphatic heterocycles. The molecule has 0 aliphatic carbocycles. The maximum atomic E-state index is 13.4. The van der Waals surface area contributed by atoms with Crippen molar-refractivity contribution in [2.45, 2.75) is 52.6 Å². The van der Waals surface area contributed by atoms with Crippen LogP contribution in [0.25, 0.3) is 10.9 Å². The van der Waals surface area contributed by atoms with Crippen LogP contribution in [-0.2, 0) is 17.8 Å². The first-order valence-electron chi connectivity index (χ1n) is 11.0. The largest absolute Gasteiger partial charge is 0.497 e. The molecule has 0 bridgehead atoms. The van der Waals surface area contributed by atoms with E-state index in [1.165, 1.54) is 0 Å². The number of fused-ring (bicyclic) bond motifs is 1. The minimum Gasteiger partial charge on any atom is -0.497 e. The standard InChI is InChI=1S/C25H31N3O3/c1-5-16-28(23(29)17-18-12-14-19(31-4)15-13-18)22(6-2)24-26-21-11-9-8-10-20(21)25(30)27(24)7-3/h8-15,22H,5-7,16-17H2,1-4H3. The summed E-state index contributed by atoms with van der Waals surface area (Å²) in [5.74, 6) is 1.45. The van der Waals surface area contributed by atoms with E-state index in [1.54, 1.807) is 17.7 Å². The summed E-state index contributed by atoms with van der Waals surface area (Å²) in [6, 6.07) is 14.7. The smallest absolute Gasteiger partial charge is 0.261 e. The van der Waals surface area contributed by atoms with E-state index in [0.29, 0.717) is 42.7 Å². The van der Waals surface area contributed by atoms with Crippen molar-refractivity contribution < 1.29 is 9.53 Å². The Morgan fingerprint density at radius 3 is 2.42 bits per heavy atom. The Morgan fingerprint density at radius 1 is 1.10 bits per heavy atom. The second-order valence-corrected chi connectivity index (χ2v) is 7.57. The van der Waals surface area contributed by atoms with E-state index >= 15 is 0 Å². The molecule has 0 saturated carbocycles. The summed E-state index contributed by atoms with van der Waals surface area (Å²) in [5.41, 5.74) is 1.55. The van der Waals surface area contributed by atoms with Gasteiger partial charge < -0.3 is 9.64 Å². The molecule has 3 rings (SSSR count). The summed E-state index contributed by atoms with van der Waals surface area (Å²) in [7, 11) is 1.62. The molecule has 1 aromatic heterocycles. The number of nitrogens with zero attached hydrogens (tertiary/aromatic N) is 3. The molecule has 0 fully saturated rings. The summed E-state index contributed by atoms with van der Waals surface area (Å²) < 4.78 is 6.92. The number of methoxy groups -OCH3 is 1. The summed E-state index contributed by atoms with van der Waals surface area (Å²) in [6.45, 7) is 7.16. The maximum absolute atomic E-state index is 13.4. The highest BCUT2D eigenvalue weighted by Gasteiger charge is 2.27. The van der Waals surface area contributed by atoms with Crippen LogP contribution in [0.3, 0.4) is 0 Å². The van der Waals surface area contributed by atoms with Crippen LogP contribution in [0.15, 0.2) is 53.3 Å². The molecule has 1 heterocycles. The summed E-state index contributed by atoms with van der Waals surface area (Å²) in [5, 5.41) is 0.606. The average molecular weight is 422 g/mol. The minimum atomic E-state index is -0.261. The molecule has 1 amide bonds. The van der Waals surface area contributed by atoms with E-state index in [1.807, 2.05) is 61.2 Å². The molecule has 1 unspecified atom stereocenters. The molecule has 0 radical (unpaired) electrons. The Labute approximate surface area is 183 Å². The summed E-state index contributed by atoms with van der Waals surface area (Å²) >= 11 is 0. The monoisotopic (exact) mass is 421 g/mol. The second kappa shape index (κ2) is 10.2. The summed E-state index contributed by atoms with van der Waals surface area (Å²) in [6.07, 6.45) is 1.80. The average Bonchev–Trinajstić information content (AvgIpc) is 2.79. The van der Waals surface area contributed by atoms with Crippen LogP contribution < -0.4 is 10.3 Å². The van der Waals surface area contributed by atoms with Crippen LogP contribution in [0.2, 0.25) is 0 Å². The molecule has 1 atom stereocenters. The van der Waals surface area contributed by atoms with Crippen molar-refractivity contribution in [1.82, 2.24) is 14.5 Å². The molecule has 0 aliphatic rings. The molecular weight excluding hydrogens is 390 g/mol. The Morgan fingerprint density at radius 2 is 1.81 bits per heavy atom. The summed E-state index contributed by atoms with van der Waals surface area (Å²) in [4.78, 5) is 33.2. The van der Waals surface area contributed by atoms with E-state index < -0.39 is 0 Å². The lowest BCUT2D eigenvalue weighted by molar-refractivity contribution is -0.133. The van der Waals surface area contributed by atoms with Crippen molar-refractivity contribution in [3.05, 3.63) is 70.3 Å². The number of benzene rings is 2. The van der Waals surface area contributed by atoms with Crippen LogP contribution in [0.1, 0.15) is 51.0 Å². The molecule has 6 nitrogen and oxygen atoms in total. The van der Waals surface area contributed by atoms with Crippen molar-refractivity contribution >= 4 is 16.8 Å². The molecule has 6 heteroatoms. The van der Waals surface area contributed by atoms with Crippen LogP contribution >= 0.6 is 0 Å². The maximum Gasteiger partial charge on any atom is 0.261 e. The van der Waals surface area contributed by atoms with Crippen molar-refractivity contribution in [3.8, 4) is 5.75 Å². The molecular formula is C25H31N3O3. The molecule has 0 spiro atoms. The third-order valence-corrected chi connectivity index (χ3v) is 5.57. The fourth-order valence-electron chi connectivity index (χ4n) is 4.00. The highest BCUT2D eigenvalue weighted by Crippen LogP contribution is 2.25. The number of para-hydroxylation sites is 1. The predicted octanol–water partition coefficient (Wildman–Crippen LogP) is 4.36. The lowest BCUT2D eigenvalue weighted by Gasteiger charge is -2.32. The van der Waals surface area contributed by atoms with Gasteiger partial charge in [-0.05, 0) is 49.6 Å². The van der Waals surface area contributed by atoms with E-state index in [2.05, 4.69) is 6.92 Å². The number of rotatable bonds is 9. The molecule has 164 valence electrons. The Kier molecular flexibility index (Phi) is 7.45. The third-order valence-electron chi connectivity index (χ3n) is 5.57. The van der Waals surface area contributed by atoms with Gasteiger partial charge >= 0.3 is 0 Å². The van der Waals surface area contributed by atoms with Crippen molar-refractivity contribution in [2.75, 3.05) is 13.7 Å². The third kappa shape index (κ3) is 4.79. The fraction of sp³-hybridized carbons (Fsp3) is 0.400. The number of aromatic nitrogens is 2. The molecule has 3 aromatic rings. The van der Waals surface area contributed by atoms with Crippen LogP contribution in [0, 0.1) is 0 Å². The first-order chi connectivity index (χ1) is 15.0. The van der Waals surface area contributed by atoms with Gasteiger partial charge in [-0.2, -0.15) is 0 Å². The molecule has 31 heavy (non-hydrogen) atoms. The predicted molar refractivity (Wildman–Crippen MR) is 123 cm³/mol. The lowest BCUT2D eigenvalue weighted by atomic mass is 10.1. The Bertz CT molecular complexity index is 1090. The second-order valence-electron chi connectivity index (χ2n) is 7.57. The molecule has 2 aromatic carbocycles. The highest BCUT2D eigenvalue weighted by atomic mass is 16.5. The number of carbonyl (C=O) groups is 1. The van der Waals surface area contributed by atoms with E-state index in [4.69, 9.17) is 9.72 Å². The van der Waals surface area contributed by atoms with Gasteiger partial charge in [-0.1, -0.05) is 38.1 Å². The van der Waals surface area contributed by atoms with Gasteiger partial charge in [0.25, 0.3) is 5.56 Å². The van der Waals surface area contributed by atoms with Crippen LogP contribution in [0.5, 0.6) is 5.75 Å². The van der Waals surface area contributed by atoms with Gasteiger partial charge in [0.1, 0.15) is 11.6 Å². The number of carbonyl (C=O) groups excluding carboxylic acids is 1. The zero-order valence-electron chi connectivity index (χ0n) is 18.8. The van der Waals surface area contributed by atoms with Crippen molar-refractivity contribution in [3.63, 3.8) is 0 Å². The van der Waals surface area contributed by atoms with Gasteiger partial charge in [-0.15, -0.1) is 0 Å². The number of hydrogen-bond acceptors (Lipinski definition) is 4. The van der Waals surface area contributed by atoms with E-state index in [0.717, 1.165) is 17.7 Å². The van der Waals surface area contributed by atoms with Gasteiger partial charge in [-0.3, -0.25) is 14.2 Å². The number of amides is 1. The normalized spacial score (nSPS) is 12.0. The molecule has 0 saturated heterocycles. The van der Waals surface area contributed by atoms with E-state index in [9.17, 15) is 9.59 Å². The zero-order valence-corrected chi connectivity index (χ0v) is 18.8. The fourth-order valence-corrected chi connectivity index (χ4v) is 4.00. The first-order valence-corrected chi connectivity index (χ1v) is 11.0. The SMILES string of the molecule is CCCN(C(=O)Cc1ccc(OC)cc1)C(CC)c1nc2ccccc2c(=O)n1CC. The van der Waals surface area contributed by atoms with Gasteiger partial charge in [-0.25, -0.2) is 4.98 Å². The quantitative estimate of drug-likeness (QED) is 0.515.